The van der Waals surface area contributed by atoms with Crippen molar-refractivity contribution in [2.45, 2.75) is 37.8 Å². The molecule has 2 saturated heterocycles. The van der Waals surface area contributed by atoms with E-state index in [0.29, 0.717) is 6.04 Å². The molecule has 1 aromatic rings. The van der Waals surface area contributed by atoms with Gasteiger partial charge in [0.05, 0.1) is 6.10 Å². The van der Waals surface area contributed by atoms with E-state index in [9.17, 15) is 5.11 Å². The topological polar surface area (TPSA) is 38.7 Å². The quantitative estimate of drug-likeness (QED) is 0.839. The Labute approximate surface area is 134 Å². The summed E-state index contributed by atoms with van der Waals surface area (Å²) >= 11 is 0. The smallest absolute Gasteiger partial charge is 0.0791 e. The highest BCUT2D eigenvalue weighted by molar-refractivity contribution is 5.46. The maximum Gasteiger partial charge on any atom is 0.0791 e. The van der Waals surface area contributed by atoms with Crippen LogP contribution in [0.5, 0.6) is 0 Å². The molecule has 1 atom stereocenters. The highest BCUT2D eigenvalue weighted by atomic mass is 16.3. The number of hydrogen-bond donors (Lipinski definition) is 2. The molecular weight excluding hydrogens is 274 g/mol. The lowest BCUT2D eigenvalue weighted by atomic mass is 10.0. The van der Waals surface area contributed by atoms with E-state index < -0.39 is 0 Å². The van der Waals surface area contributed by atoms with Crippen LogP contribution in [0.25, 0.3) is 0 Å². The van der Waals surface area contributed by atoms with Gasteiger partial charge in [0, 0.05) is 37.9 Å². The first-order valence-electron chi connectivity index (χ1n) is 8.75. The van der Waals surface area contributed by atoms with Crippen molar-refractivity contribution in [3.05, 3.63) is 30.3 Å². The molecule has 0 saturated carbocycles. The van der Waals surface area contributed by atoms with E-state index in [4.69, 9.17) is 0 Å². The Kier molecular flexibility index (Phi) is 5.70. The molecule has 22 heavy (non-hydrogen) atoms. The molecule has 2 aliphatic rings. The fourth-order valence-electron chi connectivity index (χ4n) is 3.61. The minimum absolute atomic E-state index is 0.231. The summed E-state index contributed by atoms with van der Waals surface area (Å²) in [6.07, 6.45) is 4.66. The second-order valence-corrected chi connectivity index (χ2v) is 6.67. The molecule has 2 fully saturated rings. The monoisotopic (exact) mass is 303 g/mol. The second-order valence-electron chi connectivity index (χ2n) is 6.67. The maximum atomic E-state index is 10.2. The van der Waals surface area contributed by atoms with Gasteiger partial charge in [0.1, 0.15) is 0 Å². The summed E-state index contributed by atoms with van der Waals surface area (Å²) in [5.41, 5.74) is 1.33. The van der Waals surface area contributed by atoms with Crippen molar-refractivity contribution in [1.29, 1.82) is 0 Å². The number of nitrogens with one attached hydrogen (secondary N) is 1. The SMILES string of the molecule is OC(CNC1CCN(c2ccccc2)CC1)CN1CCCC1. The van der Waals surface area contributed by atoms with Crippen LogP contribution in [0, 0.1) is 0 Å². The first-order valence-corrected chi connectivity index (χ1v) is 8.75. The van der Waals surface area contributed by atoms with E-state index in [1.807, 2.05) is 0 Å². The molecule has 2 heterocycles. The lowest BCUT2D eigenvalue weighted by Gasteiger charge is -2.34. The van der Waals surface area contributed by atoms with Gasteiger partial charge in [-0.2, -0.15) is 0 Å². The molecule has 0 radical (unpaired) electrons. The van der Waals surface area contributed by atoms with E-state index in [-0.39, 0.29) is 6.10 Å². The lowest BCUT2D eigenvalue weighted by molar-refractivity contribution is 0.119. The van der Waals surface area contributed by atoms with Crippen molar-refractivity contribution in [2.75, 3.05) is 44.2 Å². The zero-order valence-electron chi connectivity index (χ0n) is 13.5. The normalized spacial score (nSPS) is 22.1. The average Bonchev–Trinajstić information content (AvgIpc) is 3.07. The molecule has 0 amide bonds. The van der Waals surface area contributed by atoms with Crippen molar-refractivity contribution >= 4 is 5.69 Å². The Morgan fingerprint density at radius 2 is 1.73 bits per heavy atom. The van der Waals surface area contributed by atoms with Crippen molar-refractivity contribution in [3.8, 4) is 0 Å². The summed E-state index contributed by atoms with van der Waals surface area (Å²) in [6.45, 7) is 6.08. The van der Waals surface area contributed by atoms with Crippen LogP contribution in [0.3, 0.4) is 0 Å². The number of benzene rings is 1. The van der Waals surface area contributed by atoms with Gasteiger partial charge in [-0.05, 0) is 50.9 Å². The second kappa shape index (κ2) is 7.95. The number of likely N-dealkylation sites (tertiary alicyclic amines) is 1. The van der Waals surface area contributed by atoms with Gasteiger partial charge in [-0.25, -0.2) is 0 Å². The van der Waals surface area contributed by atoms with Gasteiger partial charge in [-0.15, -0.1) is 0 Å². The van der Waals surface area contributed by atoms with Crippen molar-refractivity contribution in [1.82, 2.24) is 10.2 Å². The number of aliphatic hydroxyl groups excluding tert-OH is 1. The number of piperidine rings is 1. The van der Waals surface area contributed by atoms with Crippen LogP contribution in [0.2, 0.25) is 0 Å². The van der Waals surface area contributed by atoms with Crippen LogP contribution in [0.15, 0.2) is 30.3 Å². The molecule has 0 aromatic heterocycles. The summed E-state index contributed by atoms with van der Waals surface area (Å²) in [4.78, 5) is 4.84. The molecule has 1 aromatic carbocycles. The van der Waals surface area contributed by atoms with Gasteiger partial charge in [0.25, 0.3) is 0 Å². The first kappa shape index (κ1) is 15.8. The fourth-order valence-corrected chi connectivity index (χ4v) is 3.61. The number of para-hydroxylation sites is 1. The van der Waals surface area contributed by atoms with Crippen LogP contribution >= 0.6 is 0 Å². The summed E-state index contributed by atoms with van der Waals surface area (Å²) in [5, 5.41) is 13.7. The molecular formula is C18H29N3O. The van der Waals surface area contributed by atoms with Gasteiger partial charge in [-0.1, -0.05) is 18.2 Å². The standard InChI is InChI=1S/C18H29N3O/c22-18(15-20-10-4-5-11-20)14-19-16-8-12-21(13-9-16)17-6-2-1-3-7-17/h1-3,6-7,16,18-19,22H,4-5,8-15H2. The van der Waals surface area contributed by atoms with Crippen LogP contribution < -0.4 is 10.2 Å². The Morgan fingerprint density at radius 3 is 2.41 bits per heavy atom. The van der Waals surface area contributed by atoms with Gasteiger partial charge in [-0.3, -0.25) is 0 Å². The highest BCUT2D eigenvalue weighted by Gasteiger charge is 2.21. The zero-order valence-corrected chi connectivity index (χ0v) is 13.5. The Balaban J connectivity index is 1.35. The molecule has 4 nitrogen and oxygen atoms in total. The third kappa shape index (κ3) is 4.45. The Bertz CT molecular complexity index is 425. The third-order valence-electron chi connectivity index (χ3n) is 4.93. The molecule has 3 rings (SSSR count). The lowest BCUT2D eigenvalue weighted by Crippen LogP contribution is -2.46. The van der Waals surface area contributed by atoms with Crippen molar-refractivity contribution in [2.24, 2.45) is 0 Å². The number of anilines is 1. The summed E-state index contributed by atoms with van der Waals surface area (Å²) in [5.74, 6) is 0. The van der Waals surface area contributed by atoms with E-state index in [1.165, 1.54) is 18.5 Å². The predicted octanol–water partition coefficient (Wildman–Crippen LogP) is 1.70. The zero-order chi connectivity index (χ0) is 15.2. The summed E-state index contributed by atoms with van der Waals surface area (Å²) < 4.78 is 0. The van der Waals surface area contributed by atoms with Crippen LogP contribution in [-0.4, -0.2) is 61.4 Å². The van der Waals surface area contributed by atoms with Crippen LogP contribution in [-0.2, 0) is 0 Å². The minimum atomic E-state index is -0.231. The molecule has 122 valence electrons. The highest BCUT2D eigenvalue weighted by Crippen LogP contribution is 2.19. The molecule has 0 bridgehead atoms. The molecule has 0 spiro atoms. The fraction of sp³-hybridized carbons (Fsp3) is 0.667. The van der Waals surface area contributed by atoms with Crippen LogP contribution in [0.1, 0.15) is 25.7 Å². The number of β-amino-alcohol motifs (C(OH)–C–C–N with tert-alkyl or cyclic N) is 1. The van der Waals surface area contributed by atoms with E-state index in [1.54, 1.807) is 0 Å². The Morgan fingerprint density at radius 1 is 1.05 bits per heavy atom. The summed E-state index contributed by atoms with van der Waals surface area (Å²) in [7, 11) is 0. The predicted molar refractivity (Wildman–Crippen MR) is 91.4 cm³/mol. The molecule has 4 heteroatoms. The van der Waals surface area contributed by atoms with Gasteiger partial charge >= 0.3 is 0 Å². The average molecular weight is 303 g/mol. The van der Waals surface area contributed by atoms with Gasteiger partial charge in [0.15, 0.2) is 0 Å². The largest absolute Gasteiger partial charge is 0.390 e. The third-order valence-corrected chi connectivity index (χ3v) is 4.93. The van der Waals surface area contributed by atoms with Gasteiger partial charge in [0.2, 0.25) is 0 Å². The number of rotatable bonds is 6. The number of nitrogens with zero attached hydrogens (tertiary/aromatic N) is 2. The molecule has 2 aliphatic heterocycles. The molecule has 2 N–H and O–H groups in total. The minimum Gasteiger partial charge on any atom is -0.390 e. The Hall–Kier alpha value is -1.10. The molecule has 1 unspecified atom stereocenters. The number of hydrogen-bond acceptors (Lipinski definition) is 4. The molecule has 0 aliphatic carbocycles. The van der Waals surface area contributed by atoms with Gasteiger partial charge < -0.3 is 20.2 Å². The van der Waals surface area contributed by atoms with E-state index >= 15 is 0 Å². The van der Waals surface area contributed by atoms with E-state index in [0.717, 1.165) is 52.1 Å². The van der Waals surface area contributed by atoms with Crippen LogP contribution in [0.4, 0.5) is 5.69 Å². The van der Waals surface area contributed by atoms with Crippen molar-refractivity contribution in [3.63, 3.8) is 0 Å². The van der Waals surface area contributed by atoms with Crippen molar-refractivity contribution < 1.29 is 5.11 Å². The number of aliphatic hydroxyl groups is 1. The van der Waals surface area contributed by atoms with E-state index in [2.05, 4.69) is 45.4 Å². The first-order chi connectivity index (χ1) is 10.8. The maximum absolute atomic E-state index is 10.2. The summed E-state index contributed by atoms with van der Waals surface area (Å²) in [6, 6.07) is 11.2.